The van der Waals surface area contributed by atoms with Crippen LogP contribution in [0.25, 0.3) is 0 Å². The van der Waals surface area contributed by atoms with E-state index >= 15 is 0 Å². The molecule has 0 aromatic heterocycles. The van der Waals surface area contributed by atoms with E-state index in [1.165, 1.54) is 18.2 Å². The van der Waals surface area contributed by atoms with Crippen LogP contribution in [0.3, 0.4) is 0 Å². The van der Waals surface area contributed by atoms with Crippen LogP contribution in [0.4, 0.5) is 4.39 Å². The molecule has 26 heavy (non-hydrogen) atoms. The Morgan fingerprint density at radius 1 is 1.12 bits per heavy atom. The summed E-state index contributed by atoms with van der Waals surface area (Å²) < 4.78 is 41.1. The van der Waals surface area contributed by atoms with E-state index in [2.05, 4.69) is 10.0 Å². The van der Waals surface area contributed by atoms with Gasteiger partial charge in [0.15, 0.2) is 0 Å². The summed E-state index contributed by atoms with van der Waals surface area (Å²) in [4.78, 5) is 12.0. The maximum Gasteiger partial charge on any atom is 0.244 e. The maximum absolute atomic E-state index is 13.8. The van der Waals surface area contributed by atoms with Crippen LogP contribution in [-0.2, 0) is 21.4 Å². The van der Waals surface area contributed by atoms with Crippen LogP contribution in [0.15, 0.2) is 53.4 Å². The van der Waals surface area contributed by atoms with Crippen molar-refractivity contribution in [3.8, 4) is 0 Å². The third-order valence-corrected chi connectivity index (χ3v) is 5.38. The molecule has 7 heteroatoms. The van der Waals surface area contributed by atoms with E-state index in [4.69, 9.17) is 0 Å². The lowest BCUT2D eigenvalue weighted by Crippen LogP contribution is -2.49. The number of nitrogens with one attached hydrogen (secondary N) is 2. The second kappa shape index (κ2) is 8.42. The maximum atomic E-state index is 13.8. The van der Waals surface area contributed by atoms with Crippen LogP contribution in [0.5, 0.6) is 0 Å². The van der Waals surface area contributed by atoms with Crippen LogP contribution < -0.4 is 10.0 Å². The third kappa shape index (κ3) is 5.12. The quantitative estimate of drug-likeness (QED) is 0.778. The Morgan fingerprint density at radius 2 is 1.81 bits per heavy atom. The topological polar surface area (TPSA) is 75.3 Å². The first-order chi connectivity index (χ1) is 12.2. The fourth-order valence-electron chi connectivity index (χ4n) is 2.51. The van der Waals surface area contributed by atoms with Crippen molar-refractivity contribution in [2.45, 2.75) is 38.3 Å². The monoisotopic (exact) mass is 378 g/mol. The molecule has 0 saturated carbocycles. The van der Waals surface area contributed by atoms with Crippen LogP contribution in [0, 0.1) is 18.7 Å². The number of aryl methyl sites for hydroxylation is 1. The van der Waals surface area contributed by atoms with Crippen molar-refractivity contribution in [3.63, 3.8) is 0 Å². The molecule has 2 rings (SSSR count). The number of halogens is 1. The predicted octanol–water partition coefficient (Wildman–Crippen LogP) is 2.75. The van der Waals surface area contributed by atoms with Gasteiger partial charge >= 0.3 is 0 Å². The second-order valence-corrected chi connectivity index (χ2v) is 8.16. The number of rotatable bonds is 7. The van der Waals surface area contributed by atoms with E-state index in [-0.39, 0.29) is 12.5 Å². The van der Waals surface area contributed by atoms with Gasteiger partial charge in [-0.05, 0) is 30.5 Å². The fraction of sp³-hybridized carbons (Fsp3) is 0.316. The van der Waals surface area contributed by atoms with Crippen LogP contribution in [0.1, 0.15) is 25.0 Å². The Hall–Kier alpha value is -2.25. The molecule has 2 aromatic carbocycles. The Labute approximate surface area is 153 Å². The molecule has 5 nitrogen and oxygen atoms in total. The largest absolute Gasteiger partial charge is 0.351 e. The zero-order valence-corrected chi connectivity index (χ0v) is 15.8. The summed E-state index contributed by atoms with van der Waals surface area (Å²) in [5, 5.41) is 2.74. The van der Waals surface area contributed by atoms with Crippen molar-refractivity contribution in [2.24, 2.45) is 5.92 Å². The fourth-order valence-corrected chi connectivity index (χ4v) is 3.93. The number of hydrogen-bond donors (Lipinski definition) is 2. The summed E-state index contributed by atoms with van der Waals surface area (Å²) >= 11 is 0. The van der Waals surface area contributed by atoms with E-state index in [1.54, 1.807) is 13.8 Å². The minimum atomic E-state index is -4.16. The van der Waals surface area contributed by atoms with Crippen molar-refractivity contribution in [2.75, 3.05) is 0 Å². The number of amides is 1. The molecule has 0 aliphatic rings. The highest BCUT2D eigenvalue weighted by atomic mass is 32.2. The van der Waals surface area contributed by atoms with Gasteiger partial charge in [-0.3, -0.25) is 4.79 Å². The number of sulfonamides is 1. The van der Waals surface area contributed by atoms with Gasteiger partial charge in [0.1, 0.15) is 16.8 Å². The SMILES string of the molecule is Cc1cccc(CNC(=O)[C@@H](NS(=O)(=O)c2ccccc2F)C(C)C)c1. The van der Waals surface area contributed by atoms with E-state index in [9.17, 15) is 17.6 Å². The minimum absolute atomic E-state index is 0.283. The van der Waals surface area contributed by atoms with Gasteiger partial charge in [-0.15, -0.1) is 0 Å². The summed E-state index contributed by atoms with van der Waals surface area (Å²) in [5.74, 6) is -1.63. The molecule has 0 saturated heterocycles. The Balaban J connectivity index is 2.13. The molecular weight excluding hydrogens is 355 g/mol. The molecule has 0 radical (unpaired) electrons. The van der Waals surface area contributed by atoms with Gasteiger partial charge in [-0.2, -0.15) is 4.72 Å². The van der Waals surface area contributed by atoms with Gasteiger partial charge in [0.25, 0.3) is 0 Å². The second-order valence-electron chi connectivity index (χ2n) is 6.48. The third-order valence-electron chi connectivity index (χ3n) is 3.91. The molecule has 0 fully saturated rings. The van der Waals surface area contributed by atoms with Gasteiger partial charge in [0.05, 0.1) is 0 Å². The van der Waals surface area contributed by atoms with Crippen LogP contribution >= 0.6 is 0 Å². The van der Waals surface area contributed by atoms with Crippen molar-refractivity contribution in [1.29, 1.82) is 0 Å². The molecule has 0 spiro atoms. The first-order valence-corrected chi connectivity index (χ1v) is 9.79. The summed E-state index contributed by atoms with van der Waals surface area (Å²) in [7, 11) is -4.16. The molecule has 0 aliphatic carbocycles. The minimum Gasteiger partial charge on any atom is -0.351 e. The first-order valence-electron chi connectivity index (χ1n) is 8.31. The van der Waals surface area contributed by atoms with Crippen molar-refractivity contribution < 1.29 is 17.6 Å². The highest BCUT2D eigenvalue weighted by Crippen LogP contribution is 2.15. The molecule has 140 valence electrons. The van der Waals surface area contributed by atoms with Gasteiger partial charge in [0.2, 0.25) is 15.9 Å². The molecular formula is C19H23FN2O3S. The molecule has 0 bridgehead atoms. The van der Waals surface area contributed by atoms with Crippen LogP contribution in [0.2, 0.25) is 0 Å². The lowest BCUT2D eigenvalue weighted by atomic mass is 10.0. The summed E-state index contributed by atoms with van der Waals surface area (Å²) in [6.07, 6.45) is 0. The number of carbonyl (C=O) groups excluding carboxylic acids is 1. The Bertz CT molecular complexity index is 882. The molecule has 0 unspecified atom stereocenters. The molecule has 1 amide bonds. The normalized spacial score (nSPS) is 12.8. The van der Waals surface area contributed by atoms with Crippen molar-refractivity contribution >= 4 is 15.9 Å². The number of carbonyl (C=O) groups is 1. The lowest BCUT2D eigenvalue weighted by Gasteiger charge is -2.22. The molecule has 2 N–H and O–H groups in total. The summed E-state index contributed by atoms with van der Waals surface area (Å²) in [6.45, 7) is 5.68. The highest BCUT2D eigenvalue weighted by Gasteiger charge is 2.29. The van der Waals surface area contributed by atoms with E-state index in [1.807, 2.05) is 31.2 Å². The standard InChI is InChI=1S/C19H23FN2O3S/c1-13(2)18(19(23)21-12-15-8-6-7-14(3)11-15)22-26(24,25)17-10-5-4-9-16(17)20/h4-11,13,18,22H,12H2,1-3H3,(H,21,23)/t18-/m0/s1. The molecule has 1 atom stereocenters. The summed E-state index contributed by atoms with van der Waals surface area (Å²) in [6, 6.07) is 11.7. The smallest absolute Gasteiger partial charge is 0.244 e. The first kappa shape index (κ1) is 20.1. The van der Waals surface area contributed by atoms with E-state index < -0.39 is 32.7 Å². The number of hydrogen-bond acceptors (Lipinski definition) is 3. The van der Waals surface area contributed by atoms with Crippen LogP contribution in [-0.4, -0.2) is 20.4 Å². The summed E-state index contributed by atoms with van der Waals surface area (Å²) in [5.41, 5.74) is 1.98. The molecule has 0 heterocycles. The van der Waals surface area contributed by atoms with Gasteiger partial charge < -0.3 is 5.32 Å². The highest BCUT2D eigenvalue weighted by molar-refractivity contribution is 7.89. The van der Waals surface area contributed by atoms with Gasteiger partial charge in [-0.1, -0.05) is 55.8 Å². The zero-order chi connectivity index (χ0) is 19.3. The van der Waals surface area contributed by atoms with E-state index in [0.29, 0.717) is 0 Å². The Kier molecular flexibility index (Phi) is 6.50. The Morgan fingerprint density at radius 3 is 2.42 bits per heavy atom. The van der Waals surface area contributed by atoms with Crippen molar-refractivity contribution in [1.82, 2.24) is 10.0 Å². The molecule has 0 aliphatic heterocycles. The average molecular weight is 378 g/mol. The van der Waals surface area contributed by atoms with Gasteiger partial charge in [-0.25, -0.2) is 12.8 Å². The lowest BCUT2D eigenvalue weighted by molar-refractivity contribution is -0.123. The average Bonchev–Trinajstić information content (AvgIpc) is 2.57. The number of benzene rings is 2. The predicted molar refractivity (Wildman–Crippen MR) is 98.4 cm³/mol. The molecule has 2 aromatic rings. The van der Waals surface area contributed by atoms with E-state index in [0.717, 1.165) is 17.2 Å². The van der Waals surface area contributed by atoms with Gasteiger partial charge in [0, 0.05) is 6.54 Å². The zero-order valence-electron chi connectivity index (χ0n) is 15.0. The van der Waals surface area contributed by atoms with Crippen molar-refractivity contribution in [3.05, 3.63) is 65.5 Å².